The summed E-state index contributed by atoms with van der Waals surface area (Å²) >= 11 is 0. The van der Waals surface area contributed by atoms with Crippen LogP contribution >= 0.6 is 12.4 Å². The van der Waals surface area contributed by atoms with Gasteiger partial charge >= 0.3 is 0 Å². The fourth-order valence-corrected chi connectivity index (χ4v) is 1.78. The molecule has 1 unspecified atom stereocenters. The average Bonchev–Trinajstić information content (AvgIpc) is 2.73. The number of hydrogen-bond acceptors (Lipinski definition) is 4. The third-order valence-corrected chi connectivity index (χ3v) is 2.72. The van der Waals surface area contributed by atoms with E-state index in [1.165, 1.54) is 12.8 Å². The van der Waals surface area contributed by atoms with E-state index in [4.69, 9.17) is 4.52 Å². The lowest BCUT2D eigenvalue weighted by atomic mass is 9.96. The zero-order valence-corrected chi connectivity index (χ0v) is 10.9. The number of nitrogens with one attached hydrogen (secondary N) is 1. The van der Waals surface area contributed by atoms with Gasteiger partial charge in [0.15, 0.2) is 5.82 Å². The highest BCUT2D eigenvalue weighted by Crippen LogP contribution is 2.19. The van der Waals surface area contributed by atoms with Crippen LogP contribution in [0.1, 0.15) is 45.3 Å². The maximum atomic E-state index is 5.25. The number of hydrogen-bond donors (Lipinski definition) is 1. The Hall–Kier alpha value is -0.610. The summed E-state index contributed by atoms with van der Waals surface area (Å²) in [6.07, 6.45) is 3.33. The molecule has 2 heterocycles. The van der Waals surface area contributed by atoms with Crippen LogP contribution in [-0.2, 0) is 11.8 Å². The van der Waals surface area contributed by atoms with Crippen molar-refractivity contribution in [1.29, 1.82) is 0 Å². The molecule has 2 rings (SSSR count). The Balaban J connectivity index is 0.00000128. The van der Waals surface area contributed by atoms with Crippen molar-refractivity contribution in [2.75, 3.05) is 6.54 Å². The Bertz CT molecular complexity index is 326. The molecule has 16 heavy (non-hydrogen) atoms. The summed E-state index contributed by atoms with van der Waals surface area (Å²) in [6.45, 7) is 7.39. The van der Waals surface area contributed by atoms with Crippen molar-refractivity contribution in [2.24, 2.45) is 0 Å². The van der Waals surface area contributed by atoms with Crippen molar-refractivity contribution < 1.29 is 4.52 Å². The summed E-state index contributed by atoms with van der Waals surface area (Å²) < 4.78 is 5.25. The van der Waals surface area contributed by atoms with Gasteiger partial charge in [-0.2, -0.15) is 4.98 Å². The normalized spacial score (nSPS) is 20.8. The predicted molar refractivity (Wildman–Crippen MR) is 65.0 cm³/mol. The lowest BCUT2D eigenvalue weighted by molar-refractivity contribution is 0.352. The quantitative estimate of drug-likeness (QED) is 0.867. The van der Waals surface area contributed by atoms with Crippen LogP contribution in [0, 0.1) is 0 Å². The fourth-order valence-electron chi connectivity index (χ4n) is 1.78. The number of nitrogens with zero attached hydrogens (tertiary/aromatic N) is 2. The summed E-state index contributed by atoms with van der Waals surface area (Å²) in [6, 6.07) is 0.526. The summed E-state index contributed by atoms with van der Waals surface area (Å²) in [5.74, 6) is 1.56. The first kappa shape index (κ1) is 13.5. The van der Waals surface area contributed by atoms with E-state index in [-0.39, 0.29) is 17.8 Å². The molecule has 4 nitrogen and oxygen atoms in total. The predicted octanol–water partition coefficient (Wildman–Crippen LogP) is 2.08. The molecule has 0 saturated carbocycles. The second-order valence-corrected chi connectivity index (χ2v) is 5.26. The molecule has 92 valence electrons. The fraction of sp³-hybridized carbons (Fsp3) is 0.818. The van der Waals surface area contributed by atoms with E-state index in [9.17, 15) is 0 Å². The van der Waals surface area contributed by atoms with Crippen LogP contribution in [0.3, 0.4) is 0 Å². The van der Waals surface area contributed by atoms with Crippen LogP contribution < -0.4 is 5.32 Å². The number of halogens is 1. The molecule has 5 heteroatoms. The molecule has 0 aromatic carbocycles. The first-order valence-electron chi connectivity index (χ1n) is 5.62. The molecule has 0 aliphatic carbocycles. The molecule has 0 bridgehead atoms. The van der Waals surface area contributed by atoms with Crippen LogP contribution in [0.5, 0.6) is 0 Å². The highest BCUT2D eigenvalue weighted by molar-refractivity contribution is 5.85. The number of aromatic nitrogens is 2. The van der Waals surface area contributed by atoms with E-state index in [0.717, 1.165) is 24.7 Å². The number of rotatable bonds is 2. The lowest BCUT2D eigenvalue weighted by Gasteiger charge is -2.11. The van der Waals surface area contributed by atoms with Gasteiger partial charge in [-0.25, -0.2) is 0 Å². The van der Waals surface area contributed by atoms with Gasteiger partial charge < -0.3 is 9.84 Å². The van der Waals surface area contributed by atoms with Gasteiger partial charge in [-0.05, 0) is 19.4 Å². The van der Waals surface area contributed by atoms with Crippen LogP contribution in [0.4, 0.5) is 0 Å². The molecule has 0 radical (unpaired) electrons. The van der Waals surface area contributed by atoms with Crippen molar-refractivity contribution in [2.45, 2.75) is 51.5 Å². The van der Waals surface area contributed by atoms with Gasteiger partial charge in [0.2, 0.25) is 5.89 Å². The molecular formula is C11H20ClN3O. The van der Waals surface area contributed by atoms with Crippen molar-refractivity contribution >= 4 is 12.4 Å². The molecule has 0 amide bonds. The second-order valence-electron chi connectivity index (χ2n) is 5.26. The summed E-state index contributed by atoms with van der Waals surface area (Å²) in [7, 11) is 0. The van der Waals surface area contributed by atoms with Crippen LogP contribution in [0.25, 0.3) is 0 Å². The molecule has 1 fully saturated rings. The molecule has 1 N–H and O–H groups in total. The SMILES string of the molecule is CC(C)(C)c1noc(CC2CCCN2)n1.Cl. The first-order chi connectivity index (χ1) is 7.05. The van der Waals surface area contributed by atoms with E-state index in [2.05, 4.69) is 36.2 Å². The van der Waals surface area contributed by atoms with Gasteiger partial charge in [0, 0.05) is 17.9 Å². The minimum atomic E-state index is -0.0230. The molecule has 1 atom stereocenters. The molecule has 1 aliphatic rings. The zero-order chi connectivity index (χ0) is 10.9. The Labute approximate surface area is 103 Å². The van der Waals surface area contributed by atoms with Gasteiger partial charge in [-0.15, -0.1) is 12.4 Å². The molecule has 1 aromatic rings. The Kier molecular flexibility index (Phi) is 4.33. The van der Waals surface area contributed by atoms with Gasteiger partial charge in [0.25, 0.3) is 0 Å². The summed E-state index contributed by atoms with van der Waals surface area (Å²) in [4.78, 5) is 4.43. The van der Waals surface area contributed by atoms with Crippen molar-refractivity contribution in [3.8, 4) is 0 Å². The van der Waals surface area contributed by atoms with Gasteiger partial charge in [0.05, 0.1) is 0 Å². The van der Waals surface area contributed by atoms with Crippen LogP contribution in [0.15, 0.2) is 4.52 Å². The molecular weight excluding hydrogens is 226 g/mol. The minimum absolute atomic E-state index is 0. The molecule has 1 saturated heterocycles. The zero-order valence-electron chi connectivity index (χ0n) is 10.1. The monoisotopic (exact) mass is 245 g/mol. The highest BCUT2D eigenvalue weighted by atomic mass is 35.5. The van der Waals surface area contributed by atoms with Crippen molar-refractivity contribution in [1.82, 2.24) is 15.5 Å². The Morgan fingerprint density at radius 3 is 2.69 bits per heavy atom. The largest absolute Gasteiger partial charge is 0.339 e. The lowest BCUT2D eigenvalue weighted by Crippen LogP contribution is -2.23. The molecule has 0 spiro atoms. The smallest absolute Gasteiger partial charge is 0.228 e. The maximum absolute atomic E-state index is 5.25. The third-order valence-electron chi connectivity index (χ3n) is 2.72. The first-order valence-corrected chi connectivity index (χ1v) is 5.62. The van der Waals surface area contributed by atoms with E-state index < -0.39 is 0 Å². The van der Waals surface area contributed by atoms with Gasteiger partial charge in [0.1, 0.15) is 0 Å². The van der Waals surface area contributed by atoms with Crippen LogP contribution in [0.2, 0.25) is 0 Å². The van der Waals surface area contributed by atoms with E-state index in [1.54, 1.807) is 0 Å². The standard InChI is InChI=1S/C11H19N3O.ClH/c1-11(2,3)10-13-9(15-14-10)7-8-5-4-6-12-8;/h8,12H,4-7H2,1-3H3;1H. The van der Waals surface area contributed by atoms with Gasteiger partial charge in [-0.1, -0.05) is 25.9 Å². The molecule has 1 aromatic heterocycles. The Morgan fingerprint density at radius 1 is 1.44 bits per heavy atom. The Morgan fingerprint density at radius 2 is 2.19 bits per heavy atom. The van der Waals surface area contributed by atoms with Crippen LogP contribution in [-0.4, -0.2) is 22.7 Å². The molecule has 1 aliphatic heterocycles. The average molecular weight is 246 g/mol. The van der Waals surface area contributed by atoms with E-state index in [0.29, 0.717) is 6.04 Å². The second kappa shape index (κ2) is 5.15. The third kappa shape index (κ3) is 3.19. The summed E-state index contributed by atoms with van der Waals surface area (Å²) in [5.41, 5.74) is -0.0230. The maximum Gasteiger partial charge on any atom is 0.228 e. The van der Waals surface area contributed by atoms with Gasteiger partial charge in [-0.3, -0.25) is 0 Å². The topological polar surface area (TPSA) is 51.0 Å². The van der Waals surface area contributed by atoms with Crippen molar-refractivity contribution in [3.05, 3.63) is 11.7 Å². The highest BCUT2D eigenvalue weighted by Gasteiger charge is 2.23. The minimum Gasteiger partial charge on any atom is -0.339 e. The summed E-state index contributed by atoms with van der Waals surface area (Å²) in [5, 5.41) is 7.44. The van der Waals surface area contributed by atoms with E-state index in [1.807, 2.05) is 0 Å². The van der Waals surface area contributed by atoms with E-state index >= 15 is 0 Å². The van der Waals surface area contributed by atoms with Crippen molar-refractivity contribution in [3.63, 3.8) is 0 Å².